The molecule has 6 heteroatoms. The van der Waals surface area contributed by atoms with E-state index >= 15 is 0 Å². The Balaban J connectivity index is 1.39. The van der Waals surface area contributed by atoms with Crippen molar-refractivity contribution in [3.8, 4) is 5.75 Å². The second-order valence-electron chi connectivity index (χ2n) is 6.85. The largest absolute Gasteiger partial charge is 0.496 e. The summed E-state index contributed by atoms with van der Waals surface area (Å²) in [6.07, 6.45) is 1.69. The zero-order valence-corrected chi connectivity index (χ0v) is 15.4. The number of amidine groups is 1. The summed E-state index contributed by atoms with van der Waals surface area (Å²) in [6.45, 7) is 1.25. The van der Waals surface area contributed by atoms with Crippen molar-refractivity contribution in [2.75, 3.05) is 20.2 Å². The van der Waals surface area contributed by atoms with Crippen molar-refractivity contribution in [2.24, 2.45) is 4.99 Å². The molecule has 2 aromatic rings. The lowest BCUT2D eigenvalue weighted by Crippen LogP contribution is -2.47. The van der Waals surface area contributed by atoms with Gasteiger partial charge >= 0.3 is 0 Å². The van der Waals surface area contributed by atoms with Crippen LogP contribution in [0.5, 0.6) is 5.75 Å². The van der Waals surface area contributed by atoms with E-state index in [9.17, 15) is 4.79 Å². The van der Waals surface area contributed by atoms with Crippen molar-refractivity contribution in [2.45, 2.75) is 25.0 Å². The first-order chi connectivity index (χ1) is 13.2. The maximum Gasteiger partial charge on any atom is 0.227 e. The molecule has 2 aromatic carbocycles. The highest BCUT2D eigenvalue weighted by molar-refractivity contribution is 5.99. The molecule has 140 valence electrons. The molecule has 0 radical (unpaired) electrons. The molecule has 0 saturated carbocycles. The number of carbonyl (C=O) groups excluding carboxylic acids is 1. The molecule has 0 aliphatic carbocycles. The van der Waals surface area contributed by atoms with Gasteiger partial charge in [0.05, 0.1) is 13.5 Å². The van der Waals surface area contributed by atoms with E-state index in [0.29, 0.717) is 32.4 Å². The molecule has 4 rings (SSSR count). The van der Waals surface area contributed by atoms with Crippen LogP contribution in [0.1, 0.15) is 24.0 Å². The summed E-state index contributed by atoms with van der Waals surface area (Å²) < 4.78 is 5.35. The summed E-state index contributed by atoms with van der Waals surface area (Å²) in [5.41, 5.74) is 4.30. The summed E-state index contributed by atoms with van der Waals surface area (Å²) in [7, 11) is 1.63. The Morgan fingerprint density at radius 3 is 2.59 bits per heavy atom. The summed E-state index contributed by atoms with van der Waals surface area (Å²) >= 11 is 0. The number of ether oxygens (including phenoxy) is 1. The zero-order valence-electron chi connectivity index (χ0n) is 15.4. The minimum absolute atomic E-state index is 0.104. The maximum absolute atomic E-state index is 12.7. The Morgan fingerprint density at radius 2 is 1.85 bits per heavy atom. The number of rotatable bonds is 4. The van der Waals surface area contributed by atoms with Gasteiger partial charge in [-0.1, -0.05) is 48.5 Å². The van der Waals surface area contributed by atoms with Crippen LogP contribution in [0.3, 0.4) is 0 Å². The highest BCUT2D eigenvalue weighted by Gasteiger charge is 2.41. The number of hydrogen-bond donors (Lipinski definition) is 1. The van der Waals surface area contributed by atoms with Crippen LogP contribution in [0.25, 0.3) is 0 Å². The first kappa shape index (κ1) is 17.5. The highest BCUT2D eigenvalue weighted by atomic mass is 16.7. The van der Waals surface area contributed by atoms with Gasteiger partial charge in [-0.05, 0) is 6.07 Å². The lowest BCUT2D eigenvalue weighted by Gasteiger charge is -2.35. The first-order valence-corrected chi connectivity index (χ1v) is 9.18. The second kappa shape index (κ2) is 7.40. The molecule has 0 bridgehead atoms. The van der Waals surface area contributed by atoms with Gasteiger partial charge in [0.25, 0.3) is 0 Å². The van der Waals surface area contributed by atoms with Gasteiger partial charge in [0.15, 0.2) is 11.6 Å². The van der Waals surface area contributed by atoms with E-state index in [1.165, 1.54) is 0 Å². The van der Waals surface area contributed by atoms with Gasteiger partial charge in [-0.15, -0.1) is 0 Å². The monoisotopic (exact) mass is 365 g/mol. The van der Waals surface area contributed by atoms with Crippen LogP contribution in [0.4, 0.5) is 0 Å². The molecule has 2 aliphatic rings. The summed E-state index contributed by atoms with van der Waals surface area (Å²) in [6, 6.07) is 17.6. The lowest BCUT2D eigenvalue weighted by molar-refractivity contribution is -0.138. The predicted molar refractivity (Wildman–Crippen MR) is 102 cm³/mol. The molecule has 0 atom stereocenters. The standard InChI is InChI=1S/C21H23N3O3/c1-26-18-10-6-5-9-17(18)15-19(25)24-13-11-21(12-14-24)22-20(23-27-21)16-7-3-2-4-8-16/h2-10H,11-15H2,1H3,(H,22,23). The van der Waals surface area contributed by atoms with Crippen molar-refractivity contribution < 1.29 is 14.4 Å². The lowest BCUT2D eigenvalue weighted by atomic mass is 10.00. The van der Waals surface area contributed by atoms with Gasteiger partial charge < -0.3 is 9.64 Å². The SMILES string of the molecule is COc1ccccc1CC(=O)N1CCC2(CC1)N=C(c1ccccc1)NO2. The predicted octanol–water partition coefficient (Wildman–Crippen LogP) is 2.54. The first-order valence-electron chi connectivity index (χ1n) is 9.18. The number of para-hydroxylation sites is 1. The third kappa shape index (κ3) is 3.66. The molecule has 27 heavy (non-hydrogen) atoms. The van der Waals surface area contributed by atoms with Crippen molar-refractivity contribution in [3.05, 3.63) is 65.7 Å². The number of piperidine rings is 1. The van der Waals surface area contributed by atoms with Gasteiger partial charge in [-0.2, -0.15) is 0 Å². The molecule has 1 N–H and O–H groups in total. The van der Waals surface area contributed by atoms with Crippen LogP contribution >= 0.6 is 0 Å². The molecule has 1 saturated heterocycles. The Morgan fingerprint density at radius 1 is 1.15 bits per heavy atom. The maximum atomic E-state index is 12.7. The van der Waals surface area contributed by atoms with Gasteiger partial charge in [0.2, 0.25) is 5.91 Å². The molecule has 0 aromatic heterocycles. The average Bonchev–Trinajstić information content (AvgIpc) is 3.13. The quantitative estimate of drug-likeness (QED) is 0.904. The number of likely N-dealkylation sites (tertiary alicyclic amines) is 1. The van der Waals surface area contributed by atoms with Crippen LogP contribution < -0.4 is 10.2 Å². The average molecular weight is 365 g/mol. The van der Waals surface area contributed by atoms with E-state index in [1.54, 1.807) is 7.11 Å². The minimum Gasteiger partial charge on any atom is -0.496 e. The second-order valence-corrected chi connectivity index (χ2v) is 6.85. The van der Waals surface area contributed by atoms with Crippen molar-refractivity contribution in [1.29, 1.82) is 0 Å². The van der Waals surface area contributed by atoms with E-state index in [-0.39, 0.29) is 5.91 Å². The minimum atomic E-state index is -0.577. The van der Waals surface area contributed by atoms with Crippen molar-refractivity contribution in [3.63, 3.8) is 0 Å². The smallest absolute Gasteiger partial charge is 0.227 e. The molecular weight excluding hydrogens is 342 g/mol. The Bertz CT molecular complexity index is 843. The molecule has 1 fully saturated rings. The summed E-state index contributed by atoms with van der Waals surface area (Å²) in [5.74, 6) is 1.61. The fourth-order valence-corrected chi connectivity index (χ4v) is 3.56. The molecule has 1 amide bonds. The zero-order chi connectivity index (χ0) is 18.7. The molecule has 0 unspecified atom stereocenters. The Labute approximate surface area is 158 Å². The normalized spacial score (nSPS) is 18.1. The topological polar surface area (TPSA) is 63.2 Å². The van der Waals surface area contributed by atoms with E-state index < -0.39 is 5.72 Å². The number of benzene rings is 2. The number of nitrogens with zero attached hydrogens (tertiary/aromatic N) is 2. The third-order valence-corrected chi connectivity index (χ3v) is 5.13. The van der Waals surface area contributed by atoms with E-state index in [0.717, 1.165) is 22.7 Å². The molecule has 6 nitrogen and oxygen atoms in total. The van der Waals surface area contributed by atoms with Crippen LogP contribution in [-0.2, 0) is 16.1 Å². The Kier molecular flexibility index (Phi) is 4.81. The fraction of sp³-hybridized carbons (Fsp3) is 0.333. The summed E-state index contributed by atoms with van der Waals surface area (Å²) in [4.78, 5) is 25.2. The van der Waals surface area contributed by atoms with E-state index in [4.69, 9.17) is 14.6 Å². The third-order valence-electron chi connectivity index (χ3n) is 5.13. The fourth-order valence-electron chi connectivity index (χ4n) is 3.56. The molecular formula is C21H23N3O3. The number of amides is 1. The summed E-state index contributed by atoms with van der Waals surface area (Å²) in [5, 5.41) is 0. The van der Waals surface area contributed by atoms with Crippen LogP contribution in [0.2, 0.25) is 0 Å². The van der Waals surface area contributed by atoms with Crippen LogP contribution in [0.15, 0.2) is 59.6 Å². The molecule has 1 spiro atoms. The van der Waals surface area contributed by atoms with Crippen LogP contribution in [-0.4, -0.2) is 42.6 Å². The number of hydroxylamine groups is 1. The molecule has 2 aliphatic heterocycles. The van der Waals surface area contributed by atoms with Gasteiger partial charge in [-0.25, -0.2) is 15.3 Å². The van der Waals surface area contributed by atoms with E-state index in [2.05, 4.69) is 5.48 Å². The number of methoxy groups -OCH3 is 1. The number of carbonyl (C=O) groups is 1. The van der Waals surface area contributed by atoms with Crippen molar-refractivity contribution >= 4 is 11.7 Å². The number of aliphatic imine (C=N–C) groups is 1. The van der Waals surface area contributed by atoms with Crippen LogP contribution in [0, 0.1) is 0 Å². The van der Waals surface area contributed by atoms with Gasteiger partial charge in [0.1, 0.15) is 5.75 Å². The van der Waals surface area contributed by atoms with Gasteiger partial charge in [-0.3, -0.25) is 4.79 Å². The van der Waals surface area contributed by atoms with Crippen molar-refractivity contribution in [1.82, 2.24) is 10.4 Å². The van der Waals surface area contributed by atoms with Gasteiger partial charge in [0, 0.05) is 37.1 Å². The van der Waals surface area contributed by atoms with E-state index in [1.807, 2.05) is 59.5 Å². The highest BCUT2D eigenvalue weighted by Crippen LogP contribution is 2.31. The Hall–Kier alpha value is -2.86. The number of hydrogen-bond acceptors (Lipinski definition) is 5. The number of nitrogens with one attached hydrogen (secondary N) is 1. The molecule has 2 heterocycles.